The quantitative estimate of drug-likeness (QED) is 0.661. The van der Waals surface area contributed by atoms with Crippen LogP contribution in [0.25, 0.3) is 0 Å². The minimum atomic E-state index is 0.447. The van der Waals surface area contributed by atoms with E-state index in [2.05, 4.69) is 50.0 Å². The second kappa shape index (κ2) is 9.72. The number of likely N-dealkylation sites (N-methyl/N-ethyl adjacent to an activating group) is 1. The van der Waals surface area contributed by atoms with E-state index in [0.29, 0.717) is 12.1 Å². The highest BCUT2D eigenvalue weighted by Crippen LogP contribution is 2.10. The topological polar surface area (TPSA) is 27.7 Å². The van der Waals surface area contributed by atoms with E-state index in [-0.39, 0.29) is 0 Å². The Morgan fingerprint density at radius 2 is 1.95 bits per heavy atom. The summed E-state index contributed by atoms with van der Waals surface area (Å²) < 4.78 is 5.66. The first-order valence-electron chi connectivity index (χ1n) is 8.20. The van der Waals surface area contributed by atoms with Gasteiger partial charge in [-0.2, -0.15) is 0 Å². The Bertz CT molecular complexity index is 240. The smallest absolute Gasteiger partial charge is 0.0700 e. The molecule has 0 bridgehead atoms. The summed E-state index contributed by atoms with van der Waals surface area (Å²) in [5, 5.41) is 3.59. The maximum absolute atomic E-state index is 5.66. The van der Waals surface area contributed by atoms with Gasteiger partial charge in [-0.25, -0.2) is 0 Å². The monoisotopic (exact) mass is 285 g/mol. The predicted molar refractivity (Wildman–Crippen MR) is 86.3 cm³/mol. The summed E-state index contributed by atoms with van der Waals surface area (Å²) in [7, 11) is 4.29. The molecule has 1 N–H and O–H groups in total. The maximum atomic E-state index is 5.66. The molecular weight excluding hydrogens is 250 g/mol. The van der Waals surface area contributed by atoms with Gasteiger partial charge in [0.05, 0.1) is 6.10 Å². The Morgan fingerprint density at radius 1 is 1.20 bits per heavy atom. The van der Waals surface area contributed by atoms with Crippen LogP contribution in [0.15, 0.2) is 0 Å². The molecule has 0 aromatic heterocycles. The van der Waals surface area contributed by atoms with Crippen LogP contribution in [0.2, 0.25) is 0 Å². The highest BCUT2D eigenvalue weighted by atomic mass is 16.5. The Hall–Kier alpha value is -0.160. The van der Waals surface area contributed by atoms with Gasteiger partial charge >= 0.3 is 0 Å². The number of rotatable bonds is 10. The van der Waals surface area contributed by atoms with E-state index in [4.69, 9.17) is 4.74 Å². The third-order valence-electron chi connectivity index (χ3n) is 3.89. The summed E-state index contributed by atoms with van der Waals surface area (Å²) >= 11 is 0. The summed E-state index contributed by atoms with van der Waals surface area (Å²) in [6.45, 7) is 13.4. The average Bonchev–Trinajstić information content (AvgIpc) is 2.86. The molecule has 0 aliphatic carbocycles. The lowest BCUT2D eigenvalue weighted by atomic mass is 10.1. The average molecular weight is 285 g/mol. The van der Waals surface area contributed by atoms with Crippen LogP contribution in [0.3, 0.4) is 0 Å². The Morgan fingerprint density at radius 3 is 2.50 bits per heavy atom. The zero-order valence-electron chi connectivity index (χ0n) is 14.2. The summed E-state index contributed by atoms with van der Waals surface area (Å²) in [6.07, 6.45) is 2.89. The summed E-state index contributed by atoms with van der Waals surface area (Å²) in [5.74, 6) is 0.720. The van der Waals surface area contributed by atoms with Crippen LogP contribution in [0.1, 0.15) is 33.6 Å². The van der Waals surface area contributed by atoms with Crippen LogP contribution in [0, 0.1) is 5.92 Å². The van der Waals surface area contributed by atoms with Crippen LogP contribution in [0.4, 0.5) is 0 Å². The minimum absolute atomic E-state index is 0.447. The molecule has 0 radical (unpaired) electrons. The first-order valence-corrected chi connectivity index (χ1v) is 8.20. The number of nitrogens with one attached hydrogen (secondary N) is 1. The zero-order valence-corrected chi connectivity index (χ0v) is 14.2. The molecule has 0 aromatic rings. The molecule has 1 aliphatic heterocycles. The Balaban J connectivity index is 2.26. The normalized spacial score (nSPS) is 21.3. The van der Waals surface area contributed by atoms with Crippen LogP contribution in [-0.4, -0.2) is 75.4 Å². The van der Waals surface area contributed by atoms with Gasteiger partial charge in [-0.15, -0.1) is 0 Å². The molecule has 1 aliphatic rings. The van der Waals surface area contributed by atoms with Gasteiger partial charge in [-0.1, -0.05) is 13.8 Å². The molecule has 1 fully saturated rings. The van der Waals surface area contributed by atoms with E-state index >= 15 is 0 Å². The first kappa shape index (κ1) is 17.9. The van der Waals surface area contributed by atoms with Crippen molar-refractivity contribution in [1.82, 2.24) is 15.1 Å². The summed E-state index contributed by atoms with van der Waals surface area (Å²) in [4.78, 5) is 4.87. The van der Waals surface area contributed by atoms with E-state index < -0.39 is 0 Å². The molecule has 2 unspecified atom stereocenters. The fourth-order valence-corrected chi connectivity index (χ4v) is 2.68. The molecule has 4 nitrogen and oxygen atoms in total. The fourth-order valence-electron chi connectivity index (χ4n) is 2.68. The Labute approximate surface area is 125 Å². The highest BCUT2D eigenvalue weighted by Gasteiger charge is 2.18. The van der Waals surface area contributed by atoms with Gasteiger partial charge in [0.25, 0.3) is 0 Å². The summed E-state index contributed by atoms with van der Waals surface area (Å²) in [6, 6.07) is 0.582. The molecule has 20 heavy (non-hydrogen) atoms. The van der Waals surface area contributed by atoms with Gasteiger partial charge in [0, 0.05) is 45.4 Å². The third kappa shape index (κ3) is 7.58. The van der Waals surface area contributed by atoms with Crippen LogP contribution < -0.4 is 5.32 Å². The largest absolute Gasteiger partial charge is 0.377 e. The van der Waals surface area contributed by atoms with E-state index in [9.17, 15) is 0 Å². The van der Waals surface area contributed by atoms with Crippen molar-refractivity contribution in [3.05, 3.63) is 0 Å². The standard InChI is InChI=1S/C16H35N3O/c1-14(2)13-19(9-8-18(4)5)15(3)11-17-12-16-7-6-10-20-16/h14-17H,6-13H2,1-5H3. The minimum Gasteiger partial charge on any atom is -0.377 e. The Kier molecular flexibility index (Phi) is 8.69. The van der Waals surface area contributed by atoms with Crippen molar-refractivity contribution in [1.29, 1.82) is 0 Å². The molecule has 0 spiro atoms. The van der Waals surface area contributed by atoms with Crippen molar-refractivity contribution in [2.75, 3.05) is 53.4 Å². The molecular formula is C16H35N3O. The van der Waals surface area contributed by atoms with Crippen molar-refractivity contribution >= 4 is 0 Å². The second-order valence-electron chi connectivity index (χ2n) is 6.83. The molecule has 0 saturated carbocycles. The zero-order chi connectivity index (χ0) is 15.0. The van der Waals surface area contributed by atoms with Crippen molar-refractivity contribution in [2.24, 2.45) is 5.92 Å². The lowest BCUT2D eigenvalue weighted by Crippen LogP contribution is -2.46. The molecule has 120 valence electrons. The van der Waals surface area contributed by atoms with Crippen LogP contribution in [-0.2, 0) is 4.74 Å². The molecule has 0 aromatic carbocycles. The molecule has 2 atom stereocenters. The third-order valence-corrected chi connectivity index (χ3v) is 3.89. The van der Waals surface area contributed by atoms with E-state index in [1.807, 2.05) is 0 Å². The second-order valence-corrected chi connectivity index (χ2v) is 6.83. The van der Waals surface area contributed by atoms with Crippen molar-refractivity contribution in [3.8, 4) is 0 Å². The van der Waals surface area contributed by atoms with Crippen molar-refractivity contribution in [2.45, 2.75) is 45.8 Å². The SMILES string of the molecule is CC(C)CN(CCN(C)C)C(C)CNCC1CCCO1. The predicted octanol–water partition coefficient (Wildman–Crippen LogP) is 1.66. The lowest BCUT2D eigenvalue weighted by Gasteiger charge is -2.32. The maximum Gasteiger partial charge on any atom is 0.0700 e. The van der Waals surface area contributed by atoms with Gasteiger partial charge in [-0.05, 0) is 39.8 Å². The number of nitrogens with zero attached hydrogens (tertiary/aromatic N) is 2. The van der Waals surface area contributed by atoms with Crippen LogP contribution >= 0.6 is 0 Å². The summed E-state index contributed by atoms with van der Waals surface area (Å²) in [5.41, 5.74) is 0. The van der Waals surface area contributed by atoms with Gasteiger partial charge in [-0.3, -0.25) is 4.90 Å². The molecule has 1 heterocycles. The van der Waals surface area contributed by atoms with Gasteiger partial charge in [0.1, 0.15) is 0 Å². The van der Waals surface area contributed by atoms with Gasteiger partial charge in [0.2, 0.25) is 0 Å². The molecule has 1 saturated heterocycles. The lowest BCUT2D eigenvalue weighted by molar-refractivity contribution is 0.105. The first-order chi connectivity index (χ1) is 9.49. The molecule has 4 heteroatoms. The van der Waals surface area contributed by atoms with E-state index in [0.717, 1.165) is 38.7 Å². The van der Waals surface area contributed by atoms with Gasteiger partial charge < -0.3 is 15.0 Å². The highest BCUT2D eigenvalue weighted by molar-refractivity contribution is 4.74. The molecule has 1 rings (SSSR count). The fraction of sp³-hybridized carbons (Fsp3) is 1.00. The van der Waals surface area contributed by atoms with Crippen LogP contribution in [0.5, 0.6) is 0 Å². The van der Waals surface area contributed by atoms with E-state index in [1.54, 1.807) is 0 Å². The number of hydrogen-bond acceptors (Lipinski definition) is 4. The van der Waals surface area contributed by atoms with Gasteiger partial charge in [0.15, 0.2) is 0 Å². The van der Waals surface area contributed by atoms with Crippen molar-refractivity contribution in [3.63, 3.8) is 0 Å². The number of hydrogen-bond donors (Lipinski definition) is 1. The number of ether oxygens (including phenoxy) is 1. The van der Waals surface area contributed by atoms with Crippen molar-refractivity contribution < 1.29 is 4.74 Å². The van der Waals surface area contributed by atoms with E-state index in [1.165, 1.54) is 19.4 Å². The molecule has 0 amide bonds.